The van der Waals surface area contributed by atoms with Gasteiger partial charge in [0.2, 0.25) is 0 Å². The summed E-state index contributed by atoms with van der Waals surface area (Å²) < 4.78 is 24.2. The number of hydrogen-bond acceptors (Lipinski definition) is 16. The van der Waals surface area contributed by atoms with Gasteiger partial charge in [0.05, 0.1) is 42.8 Å². The van der Waals surface area contributed by atoms with Crippen LogP contribution in [0, 0.1) is 23.7 Å². The Hall–Kier alpha value is -2.83. The van der Waals surface area contributed by atoms with Gasteiger partial charge in [0.15, 0.2) is 12.1 Å². The largest absolute Gasteiger partial charge is 0.547 e. The number of ether oxygens (including phenoxy) is 4. The number of epoxide rings is 1. The summed E-state index contributed by atoms with van der Waals surface area (Å²) in [4.78, 5) is 59.3. The van der Waals surface area contributed by atoms with Gasteiger partial charge in [-0.15, -0.1) is 0 Å². The lowest BCUT2D eigenvalue weighted by atomic mass is 9.79. The summed E-state index contributed by atoms with van der Waals surface area (Å²) in [6, 6.07) is -0.219. The smallest absolute Gasteiger partial charge is 0.308 e. The second kappa shape index (κ2) is 19.3. The van der Waals surface area contributed by atoms with Crippen molar-refractivity contribution in [1.29, 1.82) is 0 Å². The highest BCUT2D eigenvalue weighted by atomic mass is 16.7. The summed E-state index contributed by atoms with van der Waals surface area (Å²) in [5.74, 6) is -6.43. The first kappa shape index (κ1) is 44.3. The van der Waals surface area contributed by atoms with Crippen molar-refractivity contribution in [2.24, 2.45) is 23.7 Å². The molecule has 4 N–H and O–H groups in total. The molecule has 292 valence electrons. The van der Waals surface area contributed by atoms with E-state index in [4.69, 9.17) is 29.2 Å². The number of hydrogen-bond donors (Lipinski definition) is 4. The number of cyclic esters (lactones) is 1. The lowest BCUT2D eigenvalue weighted by Crippen LogP contribution is -2.56. The molecule has 16 nitrogen and oxygen atoms in total. The molecule has 3 rings (SSSR count). The number of esters is 1. The van der Waals surface area contributed by atoms with Crippen LogP contribution < -0.4 is 10.2 Å². The zero-order valence-corrected chi connectivity index (χ0v) is 30.6. The molecule has 0 spiro atoms. The monoisotopic (exact) mass is 729 g/mol. The predicted octanol–water partition coefficient (Wildman–Crippen LogP) is -2.12. The van der Waals surface area contributed by atoms with Crippen molar-refractivity contribution in [1.82, 2.24) is 4.90 Å². The van der Waals surface area contributed by atoms with Gasteiger partial charge < -0.3 is 68.9 Å². The number of aliphatic carboxylic acids is 2. The van der Waals surface area contributed by atoms with Crippen LogP contribution in [-0.4, -0.2) is 136 Å². The highest BCUT2D eigenvalue weighted by Crippen LogP contribution is 2.45. The van der Waals surface area contributed by atoms with Crippen LogP contribution in [0.2, 0.25) is 0 Å². The minimum absolute atomic E-state index is 0.0707. The van der Waals surface area contributed by atoms with Crippen molar-refractivity contribution in [3.8, 4) is 0 Å². The second-order valence-electron chi connectivity index (χ2n) is 14.4. The average Bonchev–Trinajstić information content (AvgIpc) is 3.75. The Kier molecular flexibility index (Phi) is 16.8. The summed E-state index contributed by atoms with van der Waals surface area (Å²) in [5.41, 5.74) is -0.637. The quantitative estimate of drug-likeness (QED) is 0.112. The summed E-state index contributed by atoms with van der Waals surface area (Å²) in [7, 11) is 3.76. The number of aliphatic hydroxyl groups excluding tert-OH is 4. The van der Waals surface area contributed by atoms with Gasteiger partial charge in [-0.3, -0.25) is 9.59 Å². The zero-order chi connectivity index (χ0) is 39.0. The topological polar surface area (TPSA) is 256 Å². The number of carbonyl (C=O) groups is 5. The SMILES string of the molecule is CC[C@H]1OC(=O)C[C@@H](O)[C@H](C)[C@@H](O[C@@H]2O[C@H](C)C[C@H](N(C)C)[C@H]2O)[C@@H](CC=O)C[C@@H](C)C(=O)/C=C/[C@]2(C)O[C@H]2[C@@H]1C.O=C([O-])C(O)C(O)C(=O)[O-]. The predicted molar refractivity (Wildman–Crippen MR) is 174 cm³/mol. The lowest BCUT2D eigenvalue weighted by molar-refractivity contribution is -0.333. The Morgan fingerprint density at radius 1 is 1.06 bits per heavy atom. The van der Waals surface area contributed by atoms with E-state index in [0.29, 0.717) is 19.3 Å². The maximum Gasteiger partial charge on any atom is 0.308 e. The van der Waals surface area contributed by atoms with Gasteiger partial charge in [0.1, 0.15) is 36.3 Å². The van der Waals surface area contributed by atoms with Crippen LogP contribution in [0.3, 0.4) is 0 Å². The first-order valence-electron chi connectivity index (χ1n) is 17.3. The van der Waals surface area contributed by atoms with Crippen molar-refractivity contribution in [2.45, 2.75) is 140 Å². The van der Waals surface area contributed by atoms with Crippen LogP contribution in [0.1, 0.15) is 73.6 Å². The van der Waals surface area contributed by atoms with Gasteiger partial charge in [-0.25, -0.2) is 0 Å². The second-order valence-corrected chi connectivity index (χ2v) is 14.4. The number of carboxylic acid groups (broad SMARTS) is 2. The fraction of sp³-hybridized carbons (Fsp3) is 0.800. The number of aldehydes is 1. The molecular weight excluding hydrogens is 674 g/mol. The highest BCUT2D eigenvalue weighted by Gasteiger charge is 2.55. The molecule has 2 unspecified atom stereocenters. The number of ketones is 1. The molecule has 2 fully saturated rings. The summed E-state index contributed by atoms with van der Waals surface area (Å²) >= 11 is 0. The summed E-state index contributed by atoms with van der Waals surface area (Å²) in [5, 5.41) is 58.1. The van der Waals surface area contributed by atoms with E-state index in [1.165, 1.54) is 0 Å². The van der Waals surface area contributed by atoms with Crippen molar-refractivity contribution in [2.75, 3.05) is 14.1 Å². The minimum atomic E-state index is -2.44. The van der Waals surface area contributed by atoms with Crippen molar-refractivity contribution in [3.63, 3.8) is 0 Å². The van der Waals surface area contributed by atoms with E-state index in [0.717, 1.165) is 6.29 Å². The molecule has 3 heterocycles. The van der Waals surface area contributed by atoms with E-state index >= 15 is 0 Å². The fourth-order valence-electron chi connectivity index (χ4n) is 6.75. The van der Waals surface area contributed by atoms with E-state index in [1.807, 2.05) is 53.6 Å². The molecule has 0 aromatic rings. The third-order valence-corrected chi connectivity index (χ3v) is 10.1. The van der Waals surface area contributed by atoms with Crippen LogP contribution in [0.5, 0.6) is 0 Å². The molecule has 2 saturated heterocycles. The van der Waals surface area contributed by atoms with Gasteiger partial charge in [-0.1, -0.05) is 27.7 Å². The molecular formula is C35H55NO15-2. The lowest BCUT2D eigenvalue weighted by Gasteiger charge is -2.44. The molecule has 3 aliphatic rings. The molecule has 0 aromatic heterocycles. The van der Waals surface area contributed by atoms with E-state index in [9.17, 15) is 44.4 Å². The Labute approximate surface area is 298 Å². The molecule has 16 heteroatoms. The molecule has 51 heavy (non-hydrogen) atoms. The molecule has 0 aliphatic carbocycles. The van der Waals surface area contributed by atoms with E-state index < -0.39 is 84.2 Å². The number of carboxylic acids is 2. The van der Waals surface area contributed by atoms with Crippen LogP contribution in [-0.2, 0) is 42.9 Å². The number of carbonyl (C=O) groups excluding carboxylic acids is 5. The van der Waals surface area contributed by atoms with Crippen molar-refractivity contribution < 1.29 is 73.6 Å². The van der Waals surface area contributed by atoms with E-state index in [1.54, 1.807) is 19.1 Å². The molecule has 0 radical (unpaired) electrons. The Morgan fingerprint density at radius 3 is 2.16 bits per heavy atom. The summed E-state index contributed by atoms with van der Waals surface area (Å²) in [6.45, 7) is 11.3. The minimum Gasteiger partial charge on any atom is -0.547 e. The highest BCUT2D eigenvalue weighted by molar-refractivity contribution is 5.91. The number of allylic oxidation sites excluding steroid dienone is 1. The summed E-state index contributed by atoms with van der Waals surface area (Å²) in [6.07, 6.45) is -4.25. The fourth-order valence-corrected chi connectivity index (χ4v) is 6.75. The molecule has 0 bridgehead atoms. The first-order chi connectivity index (χ1) is 23.7. The number of likely N-dealkylation sites (N-methyl/N-ethyl adjacent to an activating group) is 1. The Balaban J connectivity index is 0.000000783. The van der Waals surface area contributed by atoms with Crippen molar-refractivity contribution >= 4 is 30.0 Å². The van der Waals surface area contributed by atoms with Crippen LogP contribution in [0.25, 0.3) is 0 Å². The maximum atomic E-state index is 13.2. The molecule has 3 aliphatic heterocycles. The van der Waals surface area contributed by atoms with Gasteiger partial charge in [-0.2, -0.15) is 0 Å². The zero-order valence-electron chi connectivity index (χ0n) is 30.6. The standard InChI is InChI=1S/C31H51NO9.C4H6O6/c1-9-25-20(5)29-31(6,41-29)12-10-23(34)17(2)14-21(11-13-33)28(19(4)24(35)16-26(36)39-25)40-30-27(37)22(32(7)8)15-18(3)38-30;5-1(3(7)8)2(6)4(9)10/h10,12-13,17-22,24-25,27-30,35,37H,9,11,14-16H2,1-8H3;1-2,5-6H,(H,7,8)(H,9,10)/p-2/b12-10+;/t17-,18-,19+,20-,21+,22+,24-,25-,27-,28-,29+,30+,31+;/m1./s1. The number of rotatable bonds is 9. The Morgan fingerprint density at radius 2 is 1.65 bits per heavy atom. The van der Waals surface area contributed by atoms with Crippen LogP contribution in [0.4, 0.5) is 0 Å². The van der Waals surface area contributed by atoms with Crippen molar-refractivity contribution in [3.05, 3.63) is 12.2 Å². The maximum absolute atomic E-state index is 13.2. The number of fused-ring (bicyclic) bond motifs is 1. The number of nitrogens with zero attached hydrogens (tertiary/aromatic N) is 1. The third-order valence-electron chi connectivity index (χ3n) is 10.1. The van der Waals surface area contributed by atoms with E-state index in [2.05, 4.69) is 0 Å². The van der Waals surface area contributed by atoms with Gasteiger partial charge in [0.25, 0.3) is 0 Å². The molecule has 0 amide bonds. The van der Waals surface area contributed by atoms with E-state index in [-0.39, 0.29) is 42.8 Å². The molecule has 15 atom stereocenters. The average molecular weight is 730 g/mol. The van der Waals surface area contributed by atoms with Crippen LogP contribution in [0.15, 0.2) is 12.2 Å². The van der Waals surface area contributed by atoms with Gasteiger partial charge in [0, 0.05) is 30.2 Å². The number of aliphatic hydroxyl groups is 4. The third kappa shape index (κ3) is 12.1. The van der Waals surface area contributed by atoms with Gasteiger partial charge >= 0.3 is 5.97 Å². The normalized spacial score (nSPS) is 39.7. The Bertz CT molecular complexity index is 1210. The molecule has 0 saturated carbocycles. The van der Waals surface area contributed by atoms with Crippen LogP contribution >= 0.6 is 0 Å². The van der Waals surface area contributed by atoms with Gasteiger partial charge in [-0.05, 0) is 65.3 Å². The first-order valence-corrected chi connectivity index (χ1v) is 17.3. The molecule has 0 aromatic carbocycles.